The molecular weight excluding hydrogens is 432 g/mol. The van der Waals surface area contributed by atoms with Gasteiger partial charge in [0.15, 0.2) is 5.78 Å². The van der Waals surface area contributed by atoms with Crippen LogP contribution in [0.2, 0.25) is 0 Å². The van der Waals surface area contributed by atoms with E-state index in [1.54, 1.807) is 30.3 Å². The van der Waals surface area contributed by atoms with Gasteiger partial charge in [-0.2, -0.15) is 4.31 Å². The summed E-state index contributed by atoms with van der Waals surface area (Å²) in [6, 6.07) is 14.2. The topological polar surface area (TPSA) is 106 Å². The van der Waals surface area contributed by atoms with E-state index in [4.69, 9.17) is 9.15 Å². The Bertz CT molecular complexity index is 1200. The lowest BCUT2D eigenvalue weighted by Crippen LogP contribution is -2.30. The molecule has 168 valence electrons. The standard InChI is InChI=1S/C23H24N2O6S/c1-16(26)18-6-11-23(30-3)19(13-18)14-25(15-21-5-4-12-31-21)32(28,29)22-9-7-20(8-10-22)24-17(2)27/h4-13H,14-15H2,1-3H3,(H,24,27). The normalized spacial score (nSPS) is 11.4. The van der Waals surface area contributed by atoms with Crippen molar-refractivity contribution in [2.75, 3.05) is 12.4 Å². The summed E-state index contributed by atoms with van der Waals surface area (Å²) in [5, 5.41) is 2.61. The molecule has 0 aliphatic carbocycles. The first-order chi connectivity index (χ1) is 15.2. The fourth-order valence-electron chi connectivity index (χ4n) is 3.18. The maximum atomic E-state index is 13.5. The van der Waals surface area contributed by atoms with Gasteiger partial charge in [-0.05, 0) is 61.5 Å². The first-order valence-corrected chi connectivity index (χ1v) is 11.2. The second kappa shape index (κ2) is 9.80. The van der Waals surface area contributed by atoms with Crippen LogP contribution in [0.1, 0.15) is 35.5 Å². The van der Waals surface area contributed by atoms with Crippen molar-refractivity contribution < 1.29 is 27.2 Å². The maximum absolute atomic E-state index is 13.5. The number of hydrogen-bond donors (Lipinski definition) is 1. The van der Waals surface area contributed by atoms with Crippen molar-refractivity contribution >= 4 is 27.4 Å². The summed E-state index contributed by atoms with van der Waals surface area (Å²) in [6.45, 7) is 2.76. The van der Waals surface area contributed by atoms with Gasteiger partial charge < -0.3 is 14.5 Å². The van der Waals surface area contributed by atoms with E-state index >= 15 is 0 Å². The van der Waals surface area contributed by atoms with Crippen molar-refractivity contribution in [2.45, 2.75) is 31.8 Å². The number of nitrogens with zero attached hydrogens (tertiary/aromatic N) is 1. The molecule has 0 atom stereocenters. The van der Waals surface area contributed by atoms with Crippen molar-refractivity contribution in [1.29, 1.82) is 0 Å². The Kier molecular flexibility index (Phi) is 7.12. The number of hydrogen-bond acceptors (Lipinski definition) is 6. The molecule has 0 aliphatic rings. The largest absolute Gasteiger partial charge is 0.496 e. The second-order valence-corrected chi connectivity index (χ2v) is 9.08. The van der Waals surface area contributed by atoms with E-state index in [9.17, 15) is 18.0 Å². The summed E-state index contributed by atoms with van der Waals surface area (Å²) in [5.74, 6) is 0.543. The third-order valence-electron chi connectivity index (χ3n) is 4.76. The highest BCUT2D eigenvalue weighted by Gasteiger charge is 2.27. The maximum Gasteiger partial charge on any atom is 0.243 e. The molecule has 1 heterocycles. The van der Waals surface area contributed by atoms with E-state index in [1.807, 2.05) is 0 Å². The molecule has 0 bridgehead atoms. The van der Waals surface area contributed by atoms with E-state index in [0.717, 1.165) is 0 Å². The monoisotopic (exact) mass is 456 g/mol. The predicted octanol–water partition coefficient (Wildman–Crippen LogP) is 3.84. The lowest BCUT2D eigenvalue weighted by Gasteiger charge is -2.23. The molecule has 0 aliphatic heterocycles. The summed E-state index contributed by atoms with van der Waals surface area (Å²) < 4.78 is 39.0. The Hall–Kier alpha value is -3.43. The lowest BCUT2D eigenvalue weighted by molar-refractivity contribution is -0.114. The van der Waals surface area contributed by atoms with Crippen molar-refractivity contribution in [3.8, 4) is 5.75 Å². The van der Waals surface area contributed by atoms with E-state index in [2.05, 4.69) is 5.32 Å². The average Bonchev–Trinajstić information content (AvgIpc) is 3.26. The number of amides is 1. The van der Waals surface area contributed by atoms with Crippen LogP contribution in [0.25, 0.3) is 0 Å². The van der Waals surface area contributed by atoms with Gasteiger partial charge in [0.25, 0.3) is 0 Å². The summed E-state index contributed by atoms with van der Waals surface area (Å²) in [4.78, 5) is 23.1. The Labute approximate surface area is 186 Å². The molecule has 0 unspecified atom stereocenters. The van der Waals surface area contributed by atoms with E-state index in [0.29, 0.717) is 28.3 Å². The molecule has 8 nitrogen and oxygen atoms in total. The molecule has 0 saturated heterocycles. The number of furan rings is 1. The van der Waals surface area contributed by atoms with Gasteiger partial charge in [-0.25, -0.2) is 8.42 Å². The third-order valence-corrected chi connectivity index (χ3v) is 6.56. The molecule has 0 fully saturated rings. The molecule has 0 radical (unpaired) electrons. The number of Topliss-reactive ketones (excluding diaryl/α,β-unsaturated/α-hetero) is 1. The molecule has 9 heteroatoms. The molecule has 1 amide bonds. The number of ketones is 1. The van der Waals surface area contributed by atoms with Crippen LogP contribution in [-0.2, 0) is 27.9 Å². The number of carbonyl (C=O) groups excluding carboxylic acids is 2. The van der Waals surface area contributed by atoms with E-state index in [1.165, 1.54) is 55.8 Å². The lowest BCUT2D eigenvalue weighted by atomic mass is 10.1. The molecule has 3 aromatic rings. The zero-order valence-electron chi connectivity index (χ0n) is 18.0. The van der Waals surface area contributed by atoms with Crippen LogP contribution >= 0.6 is 0 Å². The quantitative estimate of drug-likeness (QED) is 0.491. The zero-order chi connectivity index (χ0) is 23.3. The highest BCUT2D eigenvalue weighted by Crippen LogP contribution is 2.27. The summed E-state index contributed by atoms with van der Waals surface area (Å²) in [7, 11) is -2.47. The number of rotatable bonds is 9. The van der Waals surface area contributed by atoms with Crippen molar-refractivity contribution in [1.82, 2.24) is 4.31 Å². The third kappa shape index (κ3) is 5.43. The van der Waals surface area contributed by atoms with Crippen molar-refractivity contribution in [2.24, 2.45) is 0 Å². The Balaban J connectivity index is 2.00. The Morgan fingerprint density at radius 3 is 2.31 bits per heavy atom. The molecular formula is C23H24N2O6S. The number of sulfonamides is 1. The summed E-state index contributed by atoms with van der Waals surface area (Å²) in [6.07, 6.45) is 1.47. The van der Waals surface area contributed by atoms with Gasteiger partial charge in [0, 0.05) is 30.3 Å². The number of nitrogens with one attached hydrogen (secondary N) is 1. The highest BCUT2D eigenvalue weighted by molar-refractivity contribution is 7.89. The highest BCUT2D eigenvalue weighted by atomic mass is 32.2. The molecule has 0 spiro atoms. The minimum Gasteiger partial charge on any atom is -0.496 e. The summed E-state index contributed by atoms with van der Waals surface area (Å²) in [5.41, 5.74) is 1.49. The smallest absolute Gasteiger partial charge is 0.243 e. The minimum absolute atomic E-state index is 0.0176. The van der Waals surface area contributed by atoms with Gasteiger partial charge in [0.2, 0.25) is 15.9 Å². The molecule has 2 aromatic carbocycles. The van der Waals surface area contributed by atoms with E-state index in [-0.39, 0.29) is 29.7 Å². The first kappa shape index (κ1) is 23.2. The molecule has 3 rings (SSSR count). The van der Waals surface area contributed by atoms with Crippen molar-refractivity contribution in [3.63, 3.8) is 0 Å². The number of methoxy groups -OCH3 is 1. The van der Waals surface area contributed by atoms with Gasteiger partial charge in [-0.1, -0.05) is 0 Å². The first-order valence-electron chi connectivity index (χ1n) is 9.78. The Morgan fingerprint density at radius 2 is 1.75 bits per heavy atom. The second-order valence-electron chi connectivity index (χ2n) is 7.14. The molecule has 0 saturated carbocycles. The predicted molar refractivity (Wildman–Crippen MR) is 119 cm³/mol. The Morgan fingerprint density at radius 1 is 1.03 bits per heavy atom. The zero-order valence-corrected chi connectivity index (χ0v) is 18.8. The van der Waals surface area contributed by atoms with Crippen LogP contribution in [0.15, 0.2) is 70.2 Å². The SMILES string of the molecule is COc1ccc(C(C)=O)cc1CN(Cc1ccco1)S(=O)(=O)c1ccc(NC(C)=O)cc1. The fourth-order valence-corrected chi connectivity index (χ4v) is 4.56. The van der Waals surface area contributed by atoms with Gasteiger partial charge in [0.1, 0.15) is 11.5 Å². The van der Waals surface area contributed by atoms with Crippen LogP contribution < -0.4 is 10.1 Å². The van der Waals surface area contributed by atoms with Crippen LogP contribution in [0, 0.1) is 0 Å². The molecule has 32 heavy (non-hydrogen) atoms. The fraction of sp³-hybridized carbons (Fsp3) is 0.217. The van der Waals surface area contributed by atoms with Crippen LogP contribution in [0.4, 0.5) is 5.69 Å². The van der Waals surface area contributed by atoms with Crippen LogP contribution in [0.5, 0.6) is 5.75 Å². The minimum atomic E-state index is -3.96. The molecule has 1 N–H and O–H groups in total. The van der Waals surface area contributed by atoms with E-state index < -0.39 is 10.0 Å². The van der Waals surface area contributed by atoms with Crippen molar-refractivity contribution in [3.05, 3.63) is 77.7 Å². The number of carbonyl (C=O) groups is 2. The average molecular weight is 457 g/mol. The number of ether oxygens (including phenoxy) is 1. The van der Waals surface area contributed by atoms with Gasteiger partial charge >= 0.3 is 0 Å². The number of benzene rings is 2. The van der Waals surface area contributed by atoms with Crippen LogP contribution in [0.3, 0.4) is 0 Å². The molecule has 1 aromatic heterocycles. The van der Waals surface area contributed by atoms with Gasteiger partial charge in [-0.3, -0.25) is 9.59 Å². The van der Waals surface area contributed by atoms with Crippen LogP contribution in [-0.4, -0.2) is 31.5 Å². The van der Waals surface area contributed by atoms with Gasteiger partial charge in [-0.15, -0.1) is 0 Å². The number of anilines is 1. The summed E-state index contributed by atoms with van der Waals surface area (Å²) >= 11 is 0. The van der Waals surface area contributed by atoms with Gasteiger partial charge in [0.05, 0.1) is 24.8 Å².